The van der Waals surface area contributed by atoms with Crippen LogP contribution in [0.3, 0.4) is 0 Å². The summed E-state index contributed by atoms with van der Waals surface area (Å²) in [7, 11) is 0. The second-order valence-electron chi connectivity index (χ2n) is 18.2. The number of nitrogens with zero attached hydrogens (tertiary/aromatic N) is 4. The average Bonchev–Trinajstić information content (AvgIpc) is 3.94. The molecule has 5 nitrogen and oxygen atoms in total. The third-order valence-corrected chi connectivity index (χ3v) is 13.9. The van der Waals surface area contributed by atoms with E-state index in [1.807, 2.05) is 0 Å². The van der Waals surface area contributed by atoms with Crippen LogP contribution >= 0.6 is 0 Å². The van der Waals surface area contributed by atoms with Gasteiger partial charge < -0.3 is 23.7 Å². The summed E-state index contributed by atoms with van der Waals surface area (Å²) in [5.41, 5.74) is 15.5. The van der Waals surface area contributed by atoms with E-state index in [4.69, 9.17) is 4.42 Å². The van der Waals surface area contributed by atoms with Gasteiger partial charge in [0.05, 0.1) is 16.7 Å². The number of fused-ring (bicyclic) bond motifs is 7. The molecule has 0 aliphatic heterocycles. The lowest BCUT2D eigenvalue weighted by atomic mass is 9.89. The highest BCUT2D eigenvalue weighted by Gasteiger charge is 2.29. The quantitative estimate of drug-likeness (QED) is 0.137. The monoisotopic (exact) mass is 900 g/mol. The lowest BCUT2D eigenvalue weighted by Crippen LogP contribution is -2.24. The molecule has 0 spiro atoms. The minimum absolute atomic E-state index is 0.230. The molecular weight excluding hydrogens is 853 g/mol. The molecule has 0 radical (unpaired) electrons. The lowest BCUT2D eigenvalue weighted by Gasteiger charge is -2.33. The molecule has 334 valence electrons. The van der Waals surface area contributed by atoms with Crippen LogP contribution in [0.2, 0.25) is 0 Å². The third-order valence-electron chi connectivity index (χ3n) is 13.9. The zero-order valence-electron chi connectivity index (χ0n) is 38.7. The van der Waals surface area contributed by atoms with Gasteiger partial charge in [-0.15, -0.1) is 0 Å². The molecule has 0 bridgehead atoms. The van der Waals surface area contributed by atoms with Crippen molar-refractivity contribution in [2.75, 3.05) is 14.7 Å². The Morgan fingerprint density at radius 2 is 0.814 bits per heavy atom. The normalized spacial score (nSPS) is 13.4. The first-order chi connectivity index (χ1) is 34.6. The average molecular weight is 901 g/mol. The number of allylic oxidation sites excluding steroid dienone is 1. The van der Waals surface area contributed by atoms with Crippen LogP contribution in [-0.2, 0) is 6.42 Å². The molecule has 0 fully saturated rings. The summed E-state index contributed by atoms with van der Waals surface area (Å²) in [6, 6.07) is 89.3. The van der Waals surface area contributed by atoms with Crippen LogP contribution < -0.4 is 14.7 Å². The van der Waals surface area contributed by atoms with E-state index in [0.717, 1.165) is 85.4 Å². The van der Waals surface area contributed by atoms with Gasteiger partial charge in [-0.1, -0.05) is 134 Å². The lowest BCUT2D eigenvalue weighted by molar-refractivity contribution is 0.573. The standard InChI is InChI=1S/C65H48N4O/c1-45-40-58-59-43-54(36-39-64(59)70-65(58)44-63(45)68(50-28-13-5-14-29-50)51-30-15-6-16-31-51)67(49-26-11-4-12-27-49)53-35-38-62-57(42-53)56-41-52(66(47-22-7-2-8-23-47)48-24-9-3-10-25-48)34-37-61(56)69(62)60-33-19-21-46-20-17-18-32-55(46)60/h2-39,41-45H,40H2,1H3. The molecule has 10 aromatic carbocycles. The van der Waals surface area contributed by atoms with Crippen LogP contribution in [-0.4, -0.2) is 4.57 Å². The van der Waals surface area contributed by atoms with Gasteiger partial charge in [-0.25, -0.2) is 0 Å². The number of hydrogen-bond acceptors (Lipinski definition) is 4. The zero-order chi connectivity index (χ0) is 46.5. The van der Waals surface area contributed by atoms with Crippen molar-refractivity contribution in [1.29, 1.82) is 0 Å². The molecule has 2 heterocycles. The van der Waals surface area contributed by atoms with Crippen LogP contribution in [0.15, 0.2) is 259 Å². The Kier molecular flexibility index (Phi) is 10.1. The molecule has 12 aromatic rings. The van der Waals surface area contributed by atoms with Crippen LogP contribution in [0.4, 0.5) is 45.5 Å². The molecule has 1 aliphatic rings. The topological polar surface area (TPSA) is 27.8 Å². The van der Waals surface area contributed by atoms with Crippen molar-refractivity contribution in [1.82, 2.24) is 4.57 Å². The second kappa shape index (κ2) is 17.2. The first-order valence-corrected chi connectivity index (χ1v) is 24.1. The Morgan fingerprint density at radius 1 is 0.386 bits per heavy atom. The molecule has 1 aliphatic carbocycles. The Bertz CT molecular complexity index is 3800. The molecule has 13 rings (SSSR count). The van der Waals surface area contributed by atoms with E-state index in [0.29, 0.717) is 0 Å². The van der Waals surface area contributed by atoms with Crippen LogP contribution in [0, 0.1) is 5.92 Å². The van der Waals surface area contributed by atoms with Crippen LogP contribution in [0.25, 0.3) is 55.3 Å². The van der Waals surface area contributed by atoms with Gasteiger partial charge in [-0.2, -0.15) is 0 Å². The molecule has 5 heteroatoms. The molecule has 0 amide bonds. The van der Waals surface area contributed by atoms with Gasteiger partial charge in [0.1, 0.15) is 11.3 Å². The summed E-state index contributed by atoms with van der Waals surface area (Å²) < 4.78 is 9.24. The minimum Gasteiger partial charge on any atom is -0.456 e. The highest BCUT2D eigenvalue weighted by atomic mass is 16.3. The first kappa shape index (κ1) is 41.2. The molecule has 0 saturated heterocycles. The van der Waals surface area contributed by atoms with E-state index in [2.05, 4.69) is 281 Å². The Labute approximate surface area is 407 Å². The zero-order valence-corrected chi connectivity index (χ0v) is 38.7. The molecule has 0 saturated carbocycles. The van der Waals surface area contributed by atoms with E-state index in [1.54, 1.807) is 0 Å². The number of benzene rings is 10. The maximum absolute atomic E-state index is 6.78. The number of anilines is 8. The van der Waals surface area contributed by atoms with E-state index in [-0.39, 0.29) is 5.92 Å². The van der Waals surface area contributed by atoms with Gasteiger partial charge in [0.2, 0.25) is 0 Å². The maximum Gasteiger partial charge on any atom is 0.135 e. The van der Waals surface area contributed by atoms with E-state index >= 15 is 0 Å². The Balaban J connectivity index is 0.990. The molecule has 1 unspecified atom stereocenters. The number of rotatable bonds is 10. The Morgan fingerprint density at radius 3 is 1.34 bits per heavy atom. The van der Waals surface area contributed by atoms with E-state index in [1.165, 1.54) is 32.8 Å². The Hall–Kier alpha value is -9.06. The van der Waals surface area contributed by atoms with Gasteiger partial charge >= 0.3 is 0 Å². The number of aromatic nitrogens is 1. The summed E-state index contributed by atoms with van der Waals surface area (Å²) in [6.07, 6.45) is 3.12. The van der Waals surface area contributed by atoms with Gasteiger partial charge in [0, 0.05) is 90.3 Å². The highest BCUT2D eigenvalue weighted by molar-refractivity contribution is 6.13. The van der Waals surface area contributed by atoms with Gasteiger partial charge in [0.15, 0.2) is 0 Å². The van der Waals surface area contributed by atoms with Crippen molar-refractivity contribution >= 4 is 95.1 Å². The van der Waals surface area contributed by atoms with Crippen LogP contribution in [0.5, 0.6) is 0 Å². The van der Waals surface area contributed by atoms with Crippen molar-refractivity contribution < 1.29 is 4.42 Å². The summed E-state index contributed by atoms with van der Waals surface area (Å²) in [5.74, 6) is 1.15. The summed E-state index contributed by atoms with van der Waals surface area (Å²) in [6.45, 7) is 2.33. The van der Waals surface area contributed by atoms with Crippen LogP contribution in [0.1, 0.15) is 18.2 Å². The predicted molar refractivity (Wildman–Crippen MR) is 293 cm³/mol. The highest BCUT2D eigenvalue weighted by Crippen LogP contribution is 2.46. The number of furan rings is 1. The smallest absolute Gasteiger partial charge is 0.135 e. The number of hydrogen-bond donors (Lipinski definition) is 0. The fourth-order valence-corrected chi connectivity index (χ4v) is 10.8. The van der Waals surface area contributed by atoms with Crippen molar-refractivity contribution in [3.05, 3.63) is 266 Å². The summed E-state index contributed by atoms with van der Waals surface area (Å²) in [4.78, 5) is 7.12. The van der Waals surface area contributed by atoms with Crippen molar-refractivity contribution in [2.45, 2.75) is 13.3 Å². The van der Waals surface area contributed by atoms with Crippen molar-refractivity contribution in [3.8, 4) is 5.69 Å². The first-order valence-electron chi connectivity index (χ1n) is 24.1. The van der Waals surface area contributed by atoms with Crippen molar-refractivity contribution in [3.63, 3.8) is 0 Å². The van der Waals surface area contributed by atoms with Gasteiger partial charge in [0.25, 0.3) is 0 Å². The minimum atomic E-state index is 0.230. The summed E-state index contributed by atoms with van der Waals surface area (Å²) >= 11 is 0. The largest absolute Gasteiger partial charge is 0.456 e. The van der Waals surface area contributed by atoms with Crippen molar-refractivity contribution in [2.24, 2.45) is 5.92 Å². The third kappa shape index (κ3) is 7.10. The van der Waals surface area contributed by atoms with Gasteiger partial charge in [-0.3, -0.25) is 0 Å². The summed E-state index contributed by atoms with van der Waals surface area (Å²) in [5, 5.41) is 5.89. The SMILES string of the molecule is CC1Cc2c(oc3ccc(N(c4ccccc4)c4ccc5c(c4)c4cc(N(c6ccccc6)c6ccccc6)ccc4n5-c4cccc5ccccc45)cc23)C=C1N(c1ccccc1)c1ccccc1. The molecular formula is C65H48N4O. The molecule has 0 N–H and O–H groups in total. The van der Waals surface area contributed by atoms with E-state index < -0.39 is 0 Å². The fourth-order valence-electron chi connectivity index (χ4n) is 10.8. The number of para-hydroxylation sites is 5. The molecule has 1 atom stereocenters. The predicted octanol–water partition coefficient (Wildman–Crippen LogP) is 18.0. The maximum atomic E-state index is 6.78. The van der Waals surface area contributed by atoms with E-state index in [9.17, 15) is 0 Å². The second-order valence-corrected chi connectivity index (χ2v) is 18.2. The molecule has 70 heavy (non-hydrogen) atoms. The fraction of sp³-hybridized carbons (Fsp3) is 0.0462. The molecule has 2 aromatic heterocycles. The van der Waals surface area contributed by atoms with Gasteiger partial charge in [-0.05, 0) is 133 Å².